The highest BCUT2D eigenvalue weighted by atomic mass is 16.4. The van der Waals surface area contributed by atoms with Crippen LogP contribution in [0.5, 0.6) is 0 Å². The Morgan fingerprint density at radius 2 is 2.05 bits per heavy atom. The molecule has 0 saturated heterocycles. The standard InChI is InChI=1S/C15H22N2O2/c1-2-7-15(8-9-15)17-12-5-3-11(4-6-12)10-13(16)14(18)19/h3-6,13,17H,2,7-10,16H2,1H3,(H,18,19). The zero-order valence-corrected chi connectivity index (χ0v) is 11.4. The third-order valence-corrected chi connectivity index (χ3v) is 3.72. The highest BCUT2D eigenvalue weighted by Crippen LogP contribution is 2.42. The normalized spacial score (nSPS) is 17.8. The lowest BCUT2D eigenvalue weighted by Crippen LogP contribution is -2.32. The molecule has 4 N–H and O–H groups in total. The van der Waals surface area contributed by atoms with Crippen LogP contribution in [0, 0.1) is 0 Å². The molecule has 0 heterocycles. The average Bonchev–Trinajstić information content (AvgIpc) is 3.12. The summed E-state index contributed by atoms with van der Waals surface area (Å²) in [6.45, 7) is 2.21. The molecule has 1 aromatic rings. The Balaban J connectivity index is 1.93. The summed E-state index contributed by atoms with van der Waals surface area (Å²) in [5, 5.41) is 12.4. The molecular formula is C15H22N2O2. The van der Waals surface area contributed by atoms with Gasteiger partial charge in [-0.3, -0.25) is 4.79 Å². The minimum atomic E-state index is -0.956. The van der Waals surface area contributed by atoms with Gasteiger partial charge in [-0.1, -0.05) is 25.5 Å². The fraction of sp³-hybridized carbons (Fsp3) is 0.533. The summed E-state index contributed by atoms with van der Waals surface area (Å²) in [5.41, 5.74) is 7.90. The van der Waals surface area contributed by atoms with E-state index in [1.165, 1.54) is 25.7 Å². The van der Waals surface area contributed by atoms with E-state index in [0.717, 1.165) is 11.3 Å². The quantitative estimate of drug-likeness (QED) is 0.705. The summed E-state index contributed by atoms with van der Waals surface area (Å²) < 4.78 is 0. The van der Waals surface area contributed by atoms with Crippen LogP contribution in [0.25, 0.3) is 0 Å². The monoisotopic (exact) mass is 262 g/mol. The molecule has 1 atom stereocenters. The Bertz CT molecular complexity index is 438. The SMILES string of the molecule is CCCC1(Nc2ccc(CC(N)C(=O)O)cc2)CC1. The van der Waals surface area contributed by atoms with Gasteiger partial charge in [0.15, 0.2) is 0 Å². The molecule has 0 radical (unpaired) electrons. The molecule has 1 unspecified atom stereocenters. The summed E-state index contributed by atoms with van der Waals surface area (Å²) in [5.74, 6) is -0.956. The predicted molar refractivity (Wildman–Crippen MR) is 76.3 cm³/mol. The molecule has 0 spiro atoms. The Labute approximate surface area is 114 Å². The molecule has 0 bridgehead atoms. The van der Waals surface area contributed by atoms with Gasteiger partial charge in [0.1, 0.15) is 6.04 Å². The van der Waals surface area contributed by atoms with Crippen LogP contribution in [0.15, 0.2) is 24.3 Å². The van der Waals surface area contributed by atoms with Crippen molar-refractivity contribution in [3.63, 3.8) is 0 Å². The summed E-state index contributed by atoms with van der Waals surface area (Å²) in [6, 6.07) is 7.10. The molecule has 0 aromatic heterocycles. The number of hydrogen-bond acceptors (Lipinski definition) is 3. The molecule has 104 valence electrons. The molecule has 1 saturated carbocycles. The zero-order valence-electron chi connectivity index (χ0n) is 11.4. The first-order valence-corrected chi connectivity index (χ1v) is 6.90. The Morgan fingerprint density at radius 1 is 1.42 bits per heavy atom. The fourth-order valence-corrected chi connectivity index (χ4v) is 2.44. The van der Waals surface area contributed by atoms with Gasteiger partial charge in [0, 0.05) is 11.2 Å². The number of nitrogens with one attached hydrogen (secondary N) is 1. The van der Waals surface area contributed by atoms with Crippen LogP contribution in [0.4, 0.5) is 5.69 Å². The lowest BCUT2D eigenvalue weighted by Gasteiger charge is -2.18. The highest BCUT2D eigenvalue weighted by molar-refractivity contribution is 5.73. The van der Waals surface area contributed by atoms with Crippen LogP contribution < -0.4 is 11.1 Å². The van der Waals surface area contributed by atoms with Gasteiger partial charge in [-0.15, -0.1) is 0 Å². The van der Waals surface area contributed by atoms with Gasteiger partial charge in [0.05, 0.1) is 0 Å². The summed E-state index contributed by atoms with van der Waals surface area (Å²) in [6.07, 6.45) is 5.26. The van der Waals surface area contributed by atoms with E-state index >= 15 is 0 Å². The van der Waals surface area contributed by atoms with Crippen molar-refractivity contribution in [2.45, 2.75) is 50.6 Å². The van der Waals surface area contributed by atoms with Crippen LogP contribution in [0.1, 0.15) is 38.2 Å². The largest absolute Gasteiger partial charge is 0.480 e. The van der Waals surface area contributed by atoms with Crippen molar-refractivity contribution in [3.05, 3.63) is 29.8 Å². The third-order valence-electron chi connectivity index (χ3n) is 3.72. The minimum absolute atomic E-state index is 0.313. The molecule has 19 heavy (non-hydrogen) atoms. The minimum Gasteiger partial charge on any atom is -0.480 e. The maximum absolute atomic E-state index is 10.7. The van der Waals surface area contributed by atoms with Crippen LogP contribution in [-0.4, -0.2) is 22.7 Å². The maximum atomic E-state index is 10.7. The average molecular weight is 262 g/mol. The van der Waals surface area contributed by atoms with Crippen LogP contribution in [0.2, 0.25) is 0 Å². The van der Waals surface area contributed by atoms with Crippen molar-refractivity contribution >= 4 is 11.7 Å². The summed E-state index contributed by atoms with van der Waals surface area (Å²) in [7, 11) is 0. The van der Waals surface area contributed by atoms with Crippen molar-refractivity contribution in [2.24, 2.45) is 5.73 Å². The van der Waals surface area contributed by atoms with Crippen LogP contribution >= 0.6 is 0 Å². The number of benzene rings is 1. The lowest BCUT2D eigenvalue weighted by molar-refractivity contribution is -0.138. The predicted octanol–water partition coefficient (Wildman–Crippen LogP) is 2.39. The van der Waals surface area contributed by atoms with Crippen molar-refractivity contribution in [3.8, 4) is 0 Å². The van der Waals surface area contributed by atoms with E-state index < -0.39 is 12.0 Å². The zero-order chi connectivity index (χ0) is 13.9. The van der Waals surface area contributed by atoms with Crippen molar-refractivity contribution in [2.75, 3.05) is 5.32 Å². The number of carboxylic acids is 1. The van der Waals surface area contributed by atoms with Crippen molar-refractivity contribution < 1.29 is 9.90 Å². The van der Waals surface area contributed by atoms with Crippen LogP contribution in [0.3, 0.4) is 0 Å². The van der Waals surface area contributed by atoms with Crippen molar-refractivity contribution in [1.29, 1.82) is 0 Å². The highest BCUT2D eigenvalue weighted by Gasteiger charge is 2.41. The third kappa shape index (κ3) is 3.70. The first kappa shape index (κ1) is 13.9. The topological polar surface area (TPSA) is 75.3 Å². The van der Waals surface area contributed by atoms with Gasteiger partial charge >= 0.3 is 5.97 Å². The molecule has 2 rings (SSSR count). The second-order valence-corrected chi connectivity index (χ2v) is 5.50. The van der Waals surface area contributed by atoms with E-state index in [1.54, 1.807) is 0 Å². The molecule has 4 nitrogen and oxygen atoms in total. The number of hydrogen-bond donors (Lipinski definition) is 3. The fourth-order valence-electron chi connectivity index (χ4n) is 2.44. The van der Waals surface area contributed by atoms with Gasteiger partial charge in [0.2, 0.25) is 0 Å². The number of anilines is 1. The van der Waals surface area contributed by atoms with E-state index in [1.807, 2.05) is 24.3 Å². The summed E-state index contributed by atoms with van der Waals surface area (Å²) >= 11 is 0. The number of carbonyl (C=O) groups is 1. The lowest BCUT2D eigenvalue weighted by atomic mass is 10.1. The van der Waals surface area contributed by atoms with Gasteiger partial charge in [-0.2, -0.15) is 0 Å². The number of carboxylic acid groups (broad SMARTS) is 1. The van der Waals surface area contributed by atoms with Gasteiger partial charge in [-0.25, -0.2) is 0 Å². The molecule has 1 aliphatic carbocycles. The smallest absolute Gasteiger partial charge is 0.320 e. The Hall–Kier alpha value is -1.55. The van der Waals surface area contributed by atoms with Crippen molar-refractivity contribution in [1.82, 2.24) is 0 Å². The van der Waals surface area contributed by atoms with Gasteiger partial charge in [0.25, 0.3) is 0 Å². The molecule has 1 aromatic carbocycles. The van der Waals surface area contributed by atoms with E-state index in [0.29, 0.717) is 12.0 Å². The van der Waals surface area contributed by atoms with E-state index in [-0.39, 0.29) is 0 Å². The summed E-state index contributed by atoms with van der Waals surface area (Å²) in [4.78, 5) is 10.7. The Kier molecular flexibility index (Phi) is 4.10. The van der Waals surface area contributed by atoms with E-state index in [4.69, 9.17) is 10.8 Å². The second kappa shape index (κ2) is 5.61. The molecule has 4 heteroatoms. The number of nitrogens with two attached hydrogens (primary N) is 1. The molecule has 0 aliphatic heterocycles. The van der Waals surface area contributed by atoms with E-state index in [9.17, 15) is 4.79 Å². The first-order valence-electron chi connectivity index (χ1n) is 6.90. The number of rotatable bonds is 7. The molecule has 0 amide bonds. The molecule has 1 fully saturated rings. The van der Waals surface area contributed by atoms with Crippen LogP contribution in [-0.2, 0) is 11.2 Å². The van der Waals surface area contributed by atoms with Gasteiger partial charge < -0.3 is 16.2 Å². The molecular weight excluding hydrogens is 240 g/mol. The maximum Gasteiger partial charge on any atom is 0.320 e. The van der Waals surface area contributed by atoms with E-state index in [2.05, 4.69) is 12.2 Å². The van der Waals surface area contributed by atoms with Gasteiger partial charge in [-0.05, 0) is 43.4 Å². The second-order valence-electron chi connectivity index (χ2n) is 5.50. The first-order chi connectivity index (χ1) is 9.04. The number of aliphatic carboxylic acids is 1. The molecule has 1 aliphatic rings. The Morgan fingerprint density at radius 3 is 2.53 bits per heavy atom.